The molecule has 1 rings (SSSR count). The Morgan fingerprint density at radius 2 is 1.90 bits per heavy atom. The van der Waals surface area contributed by atoms with Gasteiger partial charge in [-0.25, -0.2) is 0 Å². The van der Waals surface area contributed by atoms with Crippen molar-refractivity contribution in [1.29, 1.82) is 0 Å². The van der Waals surface area contributed by atoms with Crippen LogP contribution >= 0.6 is 11.6 Å². The van der Waals surface area contributed by atoms with Crippen molar-refractivity contribution in [1.82, 2.24) is 5.32 Å². The molecule has 0 fully saturated rings. The lowest BCUT2D eigenvalue weighted by Crippen LogP contribution is -2.37. The van der Waals surface area contributed by atoms with E-state index in [1.165, 1.54) is 5.56 Å². The second-order valence-corrected chi connectivity index (χ2v) is 6.12. The minimum Gasteiger partial charge on any atom is -0.395 e. The van der Waals surface area contributed by atoms with Crippen LogP contribution in [0.3, 0.4) is 0 Å². The maximum Gasteiger partial charge on any atom is 0.0642 e. The first kappa shape index (κ1) is 18.3. The van der Waals surface area contributed by atoms with Crippen LogP contribution in [0.2, 0.25) is 5.02 Å². The van der Waals surface area contributed by atoms with Crippen LogP contribution in [-0.4, -0.2) is 30.3 Å². The Labute approximate surface area is 134 Å². The van der Waals surface area contributed by atoms with Crippen molar-refractivity contribution in [2.75, 3.05) is 18.1 Å². The van der Waals surface area contributed by atoms with Crippen LogP contribution in [-0.2, 0) is 6.54 Å². The lowest BCUT2D eigenvalue weighted by Gasteiger charge is -2.33. The third-order valence-corrected chi connectivity index (χ3v) is 4.06. The van der Waals surface area contributed by atoms with Gasteiger partial charge in [0.25, 0.3) is 0 Å². The molecular weight excluding hydrogens is 284 g/mol. The molecule has 0 bridgehead atoms. The van der Waals surface area contributed by atoms with E-state index in [-0.39, 0.29) is 6.61 Å². The van der Waals surface area contributed by atoms with Crippen LogP contribution in [0, 0.1) is 0 Å². The molecule has 0 amide bonds. The number of nitrogens with one attached hydrogen (secondary N) is 1. The number of hydrogen-bond donors (Lipinski definition) is 2. The van der Waals surface area contributed by atoms with Crippen molar-refractivity contribution in [3.63, 3.8) is 0 Å². The molecule has 0 heterocycles. The first-order chi connectivity index (χ1) is 10.0. The Hall–Kier alpha value is -0.770. The predicted octanol–water partition coefficient (Wildman–Crippen LogP) is 3.83. The number of anilines is 1. The first-order valence-corrected chi connectivity index (χ1v) is 8.30. The molecule has 0 saturated heterocycles. The zero-order chi connectivity index (χ0) is 15.8. The number of aliphatic hydroxyl groups is 1. The highest BCUT2D eigenvalue weighted by Gasteiger charge is 2.17. The van der Waals surface area contributed by atoms with E-state index in [9.17, 15) is 5.11 Å². The Kier molecular flexibility index (Phi) is 8.09. The highest BCUT2D eigenvalue weighted by atomic mass is 35.5. The monoisotopic (exact) mass is 312 g/mol. The number of benzene rings is 1. The molecule has 0 aromatic heterocycles. The maximum atomic E-state index is 9.33. The molecule has 2 N–H and O–H groups in total. The molecule has 1 aromatic rings. The summed E-state index contributed by atoms with van der Waals surface area (Å²) in [7, 11) is 0. The summed E-state index contributed by atoms with van der Waals surface area (Å²) in [6.45, 7) is 10.2. The molecule has 0 aliphatic carbocycles. The van der Waals surface area contributed by atoms with Crippen molar-refractivity contribution in [2.24, 2.45) is 0 Å². The molecular formula is C17H29ClN2O. The molecule has 1 aromatic carbocycles. The van der Waals surface area contributed by atoms with Gasteiger partial charge >= 0.3 is 0 Å². The van der Waals surface area contributed by atoms with E-state index in [2.05, 4.69) is 50.0 Å². The van der Waals surface area contributed by atoms with Crippen LogP contribution in [0.25, 0.3) is 0 Å². The van der Waals surface area contributed by atoms with Gasteiger partial charge in [0.2, 0.25) is 0 Å². The molecule has 0 unspecified atom stereocenters. The van der Waals surface area contributed by atoms with Gasteiger partial charge in [0, 0.05) is 25.2 Å². The summed E-state index contributed by atoms with van der Waals surface area (Å²) in [5.41, 5.74) is 2.21. The average molecular weight is 313 g/mol. The van der Waals surface area contributed by atoms with Gasteiger partial charge in [-0.2, -0.15) is 0 Å². The highest BCUT2D eigenvalue weighted by Crippen LogP contribution is 2.29. The molecule has 120 valence electrons. The van der Waals surface area contributed by atoms with Crippen LogP contribution in [0.5, 0.6) is 0 Å². The summed E-state index contributed by atoms with van der Waals surface area (Å²) < 4.78 is 0. The van der Waals surface area contributed by atoms with Crippen molar-refractivity contribution in [3.8, 4) is 0 Å². The molecule has 0 spiro atoms. The smallest absolute Gasteiger partial charge is 0.0642 e. The summed E-state index contributed by atoms with van der Waals surface area (Å²) in [6, 6.07) is 7.09. The van der Waals surface area contributed by atoms with Gasteiger partial charge in [-0.3, -0.25) is 0 Å². The van der Waals surface area contributed by atoms with E-state index < -0.39 is 0 Å². The largest absolute Gasteiger partial charge is 0.395 e. The van der Waals surface area contributed by atoms with Gasteiger partial charge in [-0.15, -0.1) is 0 Å². The minimum atomic E-state index is 0.142. The number of halogens is 1. The van der Waals surface area contributed by atoms with Gasteiger partial charge in [0.1, 0.15) is 0 Å². The third kappa shape index (κ3) is 5.50. The highest BCUT2D eigenvalue weighted by molar-refractivity contribution is 6.33. The SMILES string of the molecule is CCC(CC)N(CCO)c1ccc(CNC(C)C)cc1Cl. The molecule has 21 heavy (non-hydrogen) atoms. The fourth-order valence-corrected chi connectivity index (χ4v) is 2.86. The quantitative estimate of drug-likeness (QED) is 0.727. The van der Waals surface area contributed by atoms with E-state index in [1.807, 2.05) is 6.07 Å². The van der Waals surface area contributed by atoms with Crippen molar-refractivity contribution >= 4 is 17.3 Å². The maximum absolute atomic E-state index is 9.33. The Bertz CT molecular complexity index is 419. The van der Waals surface area contributed by atoms with Gasteiger partial charge in [0.05, 0.1) is 17.3 Å². The first-order valence-electron chi connectivity index (χ1n) is 7.92. The summed E-state index contributed by atoms with van der Waals surface area (Å²) in [5.74, 6) is 0. The van der Waals surface area contributed by atoms with Gasteiger partial charge < -0.3 is 15.3 Å². The average Bonchev–Trinajstić information content (AvgIpc) is 2.46. The molecule has 3 nitrogen and oxygen atoms in total. The fourth-order valence-electron chi connectivity index (χ4n) is 2.55. The van der Waals surface area contributed by atoms with E-state index in [1.54, 1.807) is 0 Å². The Balaban J connectivity index is 2.93. The second-order valence-electron chi connectivity index (χ2n) is 5.71. The Morgan fingerprint density at radius 1 is 1.24 bits per heavy atom. The minimum absolute atomic E-state index is 0.142. The zero-order valence-electron chi connectivity index (χ0n) is 13.7. The van der Waals surface area contributed by atoms with E-state index in [0.29, 0.717) is 18.6 Å². The van der Waals surface area contributed by atoms with Crippen molar-refractivity contribution in [3.05, 3.63) is 28.8 Å². The van der Waals surface area contributed by atoms with E-state index >= 15 is 0 Å². The zero-order valence-corrected chi connectivity index (χ0v) is 14.5. The molecule has 0 radical (unpaired) electrons. The number of hydrogen-bond acceptors (Lipinski definition) is 3. The van der Waals surface area contributed by atoms with E-state index in [4.69, 9.17) is 11.6 Å². The summed E-state index contributed by atoms with van der Waals surface area (Å²) >= 11 is 6.48. The number of nitrogens with zero attached hydrogens (tertiary/aromatic N) is 1. The van der Waals surface area contributed by atoms with Crippen LogP contribution in [0.1, 0.15) is 46.1 Å². The third-order valence-electron chi connectivity index (χ3n) is 3.76. The normalized spacial score (nSPS) is 11.4. The summed E-state index contributed by atoms with van der Waals surface area (Å²) in [4.78, 5) is 2.22. The van der Waals surface area contributed by atoms with Crippen LogP contribution < -0.4 is 10.2 Å². The topological polar surface area (TPSA) is 35.5 Å². The molecule has 0 atom stereocenters. The van der Waals surface area contributed by atoms with Gasteiger partial charge in [-0.05, 0) is 30.5 Å². The summed E-state index contributed by atoms with van der Waals surface area (Å²) in [5, 5.41) is 13.5. The van der Waals surface area contributed by atoms with Crippen molar-refractivity contribution < 1.29 is 5.11 Å². The van der Waals surface area contributed by atoms with Crippen LogP contribution in [0.15, 0.2) is 18.2 Å². The molecule has 0 aliphatic heterocycles. The molecule has 4 heteroatoms. The summed E-state index contributed by atoms with van der Waals surface area (Å²) in [6.07, 6.45) is 2.09. The number of rotatable bonds is 9. The number of aliphatic hydroxyl groups excluding tert-OH is 1. The standard InChI is InChI=1S/C17H29ClN2O/c1-5-15(6-2)20(9-10-21)17-8-7-14(11-16(17)18)12-19-13(3)4/h7-8,11,13,15,19,21H,5-6,9-10,12H2,1-4H3. The fraction of sp³-hybridized carbons (Fsp3) is 0.647. The van der Waals surface area contributed by atoms with Crippen LogP contribution in [0.4, 0.5) is 5.69 Å². The molecule has 0 aliphatic rings. The second kappa shape index (κ2) is 9.29. The van der Waals surface area contributed by atoms with Gasteiger partial charge in [-0.1, -0.05) is 45.4 Å². The van der Waals surface area contributed by atoms with E-state index in [0.717, 1.165) is 30.1 Å². The predicted molar refractivity (Wildman–Crippen MR) is 92.2 cm³/mol. The van der Waals surface area contributed by atoms with Gasteiger partial charge in [0.15, 0.2) is 0 Å². The lowest BCUT2D eigenvalue weighted by atomic mass is 10.1. The Morgan fingerprint density at radius 3 is 2.38 bits per heavy atom. The van der Waals surface area contributed by atoms with Crippen molar-refractivity contribution in [2.45, 2.75) is 59.2 Å². The molecule has 0 saturated carbocycles. The lowest BCUT2D eigenvalue weighted by molar-refractivity contribution is 0.296.